The SMILES string of the molecule is CN1CCOC2CNCCC21.Cl. The number of halogens is 1. The number of hydrogen-bond acceptors (Lipinski definition) is 3. The van der Waals surface area contributed by atoms with Crippen LogP contribution in [0.2, 0.25) is 0 Å². The van der Waals surface area contributed by atoms with Crippen LogP contribution >= 0.6 is 12.4 Å². The van der Waals surface area contributed by atoms with Gasteiger partial charge in [0, 0.05) is 19.1 Å². The summed E-state index contributed by atoms with van der Waals surface area (Å²) in [4.78, 5) is 2.43. The minimum atomic E-state index is 0. The zero-order valence-corrected chi connectivity index (χ0v) is 8.27. The van der Waals surface area contributed by atoms with Crippen molar-refractivity contribution in [2.24, 2.45) is 0 Å². The Morgan fingerprint density at radius 3 is 3.08 bits per heavy atom. The van der Waals surface area contributed by atoms with Gasteiger partial charge in [0.15, 0.2) is 0 Å². The maximum atomic E-state index is 5.65. The largest absolute Gasteiger partial charge is 0.374 e. The summed E-state index contributed by atoms with van der Waals surface area (Å²) < 4.78 is 5.65. The van der Waals surface area contributed by atoms with Gasteiger partial charge < -0.3 is 10.1 Å². The molecule has 2 aliphatic heterocycles. The van der Waals surface area contributed by atoms with E-state index in [1.807, 2.05) is 0 Å². The minimum Gasteiger partial charge on any atom is -0.374 e. The molecule has 3 nitrogen and oxygen atoms in total. The van der Waals surface area contributed by atoms with Crippen LogP contribution in [0.5, 0.6) is 0 Å². The molecule has 2 unspecified atom stereocenters. The fourth-order valence-corrected chi connectivity index (χ4v) is 2.00. The smallest absolute Gasteiger partial charge is 0.0855 e. The second kappa shape index (κ2) is 4.42. The van der Waals surface area contributed by atoms with E-state index >= 15 is 0 Å². The molecular formula is C8H17ClN2O. The Balaban J connectivity index is 0.000000720. The van der Waals surface area contributed by atoms with Crippen LogP contribution in [-0.2, 0) is 4.74 Å². The summed E-state index contributed by atoms with van der Waals surface area (Å²) >= 11 is 0. The molecule has 2 aliphatic rings. The standard InChI is InChI=1S/C8H16N2O.ClH/c1-10-4-5-11-8-6-9-3-2-7(8)10;/h7-9H,2-6H2,1H3;1H. The molecule has 0 spiro atoms. The van der Waals surface area contributed by atoms with Gasteiger partial charge in [-0.2, -0.15) is 0 Å². The van der Waals surface area contributed by atoms with Crippen molar-refractivity contribution in [3.63, 3.8) is 0 Å². The van der Waals surface area contributed by atoms with E-state index in [-0.39, 0.29) is 12.4 Å². The summed E-state index contributed by atoms with van der Waals surface area (Å²) in [5, 5.41) is 3.35. The lowest BCUT2D eigenvalue weighted by molar-refractivity contribution is -0.0716. The van der Waals surface area contributed by atoms with Crippen molar-refractivity contribution < 1.29 is 4.74 Å². The summed E-state index contributed by atoms with van der Waals surface area (Å²) in [5.41, 5.74) is 0. The zero-order valence-electron chi connectivity index (χ0n) is 7.45. The molecule has 0 aliphatic carbocycles. The number of morpholine rings is 1. The monoisotopic (exact) mass is 192 g/mol. The molecule has 0 radical (unpaired) electrons. The van der Waals surface area contributed by atoms with Crippen molar-refractivity contribution in [1.82, 2.24) is 10.2 Å². The van der Waals surface area contributed by atoms with Crippen molar-refractivity contribution in [3.8, 4) is 0 Å². The first-order valence-corrected chi connectivity index (χ1v) is 4.40. The van der Waals surface area contributed by atoms with E-state index in [1.54, 1.807) is 0 Å². The highest BCUT2D eigenvalue weighted by molar-refractivity contribution is 5.85. The highest BCUT2D eigenvalue weighted by Gasteiger charge is 2.31. The van der Waals surface area contributed by atoms with E-state index in [2.05, 4.69) is 17.3 Å². The van der Waals surface area contributed by atoms with Gasteiger partial charge in [-0.05, 0) is 20.0 Å². The molecule has 72 valence electrons. The van der Waals surface area contributed by atoms with E-state index in [1.165, 1.54) is 6.42 Å². The summed E-state index contributed by atoms with van der Waals surface area (Å²) in [6, 6.07) is 0.671. The van der Waals surface area contributed by atoms with E-state index in [4.69, 9.17) is 4.74 Å². The quantitative estimate of drug-likeness (QED) is 0.590. The number of ether oxygens (including phenoxy) is 1. The Hall–Kier alpha value is 0.170. The fraction of sp³-hybridized carbons (Fsp3) is 1.00. The van der Waals surface area contributed by atoms with Crippen LogP contribution in [0, 0.1) is 0 Å². The third-order valence-electron chi connectivity index (χ3n) is 2.73. The predicted octanol–water partition coefficient (Wildman–Crippen LogP) is 0.101. The molecule has 2 heterocycles. The number of rotatable bonds is 0. The van der Waals surface area contributed by atoms with E-state index in [9.17, 15) is 0 Å². The molecule has 0 saturated carbocycles. The van der Waals surface area contributed by atoms with Gasteiger partial charge in [0.2, 0.25) is 0 Å². The number of piperidine rings is 1. The molecule has 1 N–H and O–H groups in total. The van der Waals surface area contributed by atoms with E-state index in [0.717, 1.165) is 26.2 Å². The van der Waals surface area contributed by atoms with Crippen LogP contribution in [0.3, 0.4) is 0 Å². The number of nitrogens with zero attached hydrogens (tertiary/aromatic N) is 1. The summed E-state index contributed by atoms with van der Waals surface area (Å²) in [6.07, 6.45) is 1.68. The van der Waals surface area contributed by atoms with Crippen molar-refractivity contribution >= 4 is 12.4 Å². The van der Waals surface area contributed by atoms with Crippen molar-refractivity contribution in [2.45, 2.75) is 18.6 Å². The molecule has 0 aromatic carbocycles. The summed E-state index contributed by atoms with van der Waals surface area (Å²) in [5.74, 6) is 0. The highest BCUT2D eigenvalue weighted by Crippen LogP contribution is 2.17. The Morgan fingerprint density at radius 1 is 1.50 bits per heavy atom. The van der Waals surface area contributed by atoms with Gasteiger partial charge in [0.05, 0.1) is 12.7 Å². The summed E-state index contributed by atoms with van der Waals surface area (Å²) in [7, 11) is 2.20. The van der Waals surface area contributed by atoms with Crippen LogP contribution in [-0.4, -0.2) is 50.3 Å². The third-order valence-corrected chi connectivity index (χ3v) is 2.73. The van der Waals surface area contributed by atoms with Crippen LogP contribution in [0.4, 0.5) is 0 Å². The molecule has 0 bridgehead atoms. The van der Waals surface area contributed by atoms with Gasteiger partial charge in [0.25, 0.3) is 0 Å². The maximum absolute atomic E-state index is 5.65. The summed E-state index contributed by atoms with van der Waals surface area (Å²) in [6.45, 7) is 4.18. The molecule has 4 heteroatoms. The first-order valence-electron chi connectivity index (χ1n) is 4.40. The maximum Gasteiger partial charge on any atom is 0.0855 e. The lowest BCUT2D eigenvalue weighted by Gasteiger charge is -2.42. The zero-order chi connectivity index (χ0) is 7.68. The Morgan fingerprint density at radius 2 is 2.33 bits per heavy atom. The second-order valence-corrected chi connectivity index (χ2v) is 3.45. The normalized spacial score (nSPS) is 36.8. The second-order valence-electron chi connectivity index (χ2n) is 3.45. The number of nitrogens with one attached hydrogen (secondary N) is 1. The average molecular weight is 193 g/mol. The van der Waals surface area contributed by atoms with E-state index in [0.29, 0.717) is 12.1 Å². The van der Waals surface area contributed by atoms with E-state index < -0.39 is 0 Å². The first-order chi connectivity index (χ1) is 5.38. The fourth-order valence-electron chi connectivity index (χ4n) is 2.00. The third kappa shape index (κ3) is 1.91. The minimum absolute atomic E-state index is 0. The number of fused-ring (bicyclic) bond motifs is 1. The molecule has 2 fully saturated rings. The number of hydrogen-bond donors (Lipinski definition) is 1. The Labute approximate surface area is 79.9 Å². The Bertz CT molecular complexity index is 143. The molecule has 12 heavy (non-hydrogen) atoms. The van der Waals surface area contributed by atoms with Crippen LogP contribution in [0.1, 0.15) is 6.42 Å². The van der Waals surface area contributed by atoms with Gasteiger partial charge in [-0.25, -0.2) is 0 Å². The topological polar surface area (TPSA) is 24.5 Å². The lowest BCUT2D eigenvalue weighted by Crippen LogP contribution is -2.57. The molecule has 0 amide bonds. The van der Waals surface area contributed by atoms with Gasteiger partial charge in [0.1, 0.15) is 0 Å². The molecule has 0 aromatic rings. The first kappa shape index (κ1) is 10.3. The predicted molar refractivity (Wildman–Crippen MR) is 50.9 cm³/mol. The van der Waals surface area contributed by atoms with Crippen LogP contribution in [0.25, 0.3) is 0 Å². The van der Waals surface area contributed by atoms with Crippen LogP contribution < -0.4 is 5.32 Å². The number of likely N-dealkylation sites (N-methyl/N-ethyl adjacent to an activating group) is 1. The van der Waals surface area contributed by atoms with Gasteiger partial charge in [-0.3, -0.25) is 4.90 Å². The molecule has 2 saturated heterocycles. The van der Waals surface area contributed by atoms with Crippen molar-refractivity contribution in [2.75, 3.05) is 33.3 Å². The Kier molecular flexibility index (Phi) is 3.77. The molecule has 2 rings (SSSR count). The van der Waals surface area contributed by atoms with Gasteiger partial charge >= 0.3 is 0 Å². The highest BCUT2D eigenvalue weighted by atomic mass is 35.5. The van der Waals surface area contributed by atoms with Gasteiger partial charge in [-0.1, -0.05) is 0 Å². The average Bonchev–Trinajstić information content (AvgIpc) is 2.06. The van der Waals surface area contributed by atoms with Crippen molar-refractivity contribution in [3.05, 3.63) is 0 Å². The van der Waals surface area contributed by atoms with Gasteiger partial charge in [-0.15, -0.1) is 12.4 Å². The molecule has 2 atom stereocenters. The molecular weight excluding hydrogens is 176 g/mol. The molecule has 0 aromatic heterocycles. The van der Waals surface area contributed by atoms with Crippen molar-refractivity contribution in [1.29, 1.82) is 0 Å². The lowest BCUT2D eigenvalue weighted by atomic mass is 10.0. The van der Waals surface area contributed by atoms with Crippen LogP contribution in [0.15, 0.2) is 0 Å².